The summed E-state index contributed by atoms with van der Waals surface area (Å²) in [5.74, 6) is 0. The van der Waals surface area contributed by atoms with Crippen LogP contribution in [-0.4, -0.2) is 43.7 Å². The summed E-state index contributed by atoms with van der Waals surface area (Å²) in [5.41, 5.74) is 0. The van der Waals surface area contributed by atoms with Gasteiger partial charge in [0.25, 0.3) is 0 Å². The molecule has 0 radical (unpaired) electrons. The predicted molar refractivity (Wildman–Crippen MR) is 30.3 cm³/mol. The topological polar surface area (TPSA) is 42.5 Å². The van der Waals surface area contributed by atoms with Crippen molar-refractivity contribution >= 4 is 0 Å². The third kappa shape index (κ3) is 5.94. The van der Waals surface area contributed by atoms with Crippen molar-refractivity contribution in [1.82, 2.24) is 4.90 Å². The fourth-order valence-electron chi connectivity index (χ4n) is 0.655. The molecule has 0 aromatic carbocycles. The SMILES string of the molecule is CN1CCOCC1.[K+].[OH-]. The molecule has 0 aliphatic carbocycles. The van der Waals surface area contributed by atoms with Crippen molar-refractivity contribution in [3.8, 4) is 0 Å². The monoisotopic (exact) mass is 157 g/mol. The minimum atomic E-state index is 0. The Kier molecular flexibility index (Phi) is 11.1. The number of hydrogen-bond acceptors (Lipinski definition) is 3. The van der Waals surface area contributed by atoms with Crippen LogP contribution in [0.3, 0.4) is 0 Å². The van der Waals surface area contributed by atoms with Crippen molar-refractivity contribution in [2.45, 2.75) is 0 Å². The molecule has 1 aliphatic rings. The van der Waals surface area contributed by atoms with Crippen molar-refractivity contribution in [1.29, 1.82) is 0 Å². The molecule has 9 heavy (non-hydrogen) atoms. The number of nitrogens with zero attached hydrogens (tertiary/aromatic N) is 1. The first-order valence-electron chi connectivity index (χ1n) is 2.66. The van der Waals surface area contributed by atoms with E-state index in [9.17, 15) is 0 Å². The van der Waals surface area contributed by atoms with Crippen LogP contribution in [-0.2, 0) is 4.74 Å². The summed E-state index contributed by atoms with van der Waals surface area (Å²) in [5, 5.41) is 0. The largest absolute Gasteiger partial charge is 1.00 e. The minimum Gasteiger partial charge on any atom is -0.870 e. The zero-order chi connectivity index (χ0) is 5.11. The first-order valence-corrected chi connectivity index (χ1v) is 2.66. The van der Waals surface area contributed by atoms with E-state index in [-0.39, 0.29) is 56.9 Å². The molecule has 1 N–H and O–H groups in total. The third-order valence-corrected chi connectivity index (χ3v) is 1.23. The van der Waals surface area contributed by atoms with Crippen molar-refractivity contribution in [2.75, 3.05) is 33.4 Å². The van der Waals surface area contributed by atoms with Gasteiger partial charge in [0.1, 0.15) is 0 Å². The minimum absolute atomic E-state index is 0. The molecule has 0 amide bonds. The van der Waals surface area contributed by atoms with Crippen molar-refractivity contribution in [2.24, 2.45) is 0 Å². The van der Waals surface area contributed by atoms with Gasteiger partial charge < -0.3 is 15.1 Å². The summed E-state index contributed by atoms with van der Waals surface area (Å²) >= 11 is 0. The van der Waals surface area contributed by atoms with Crippen LogP contribution in [0.15, 0.2) is 0 Å². The van der Waals surface area contributed by atoms with Gasteiger partial charge in [0, 0.05) is 13.1 Å². The van der Waals surface area contributed by atoms with Crippen LogP contribution in [0.2, 0.25) is 0 Å². The second-order valence-electron chi connectivity index (χ2n) is 1.92. The van der Waals surface area contributed by atoms with Gasteiger partial charge in [-0.3, -0.25) is 0 Å². The summed E-state index contributed by atoms with van der Waals surface area (Å²) in [7, 11) is 2.11. The molecule has 0 saturated carbocycles. The molecule has 0 bridgehead atoms. The molecule has 0 atom stereocenters. The van der Waals surface area contributed by atoms with E-state index in [1.54, 1.807) is 0 Å². The molecule has 3 nitrogen and oxygen atoms in total. The second-order valence-corrected chi connectivity index (χ2v) is 1.92. The number of rotatable bonds is 0. The van der Waals surface area contributed by atoms with Crippen LogP contribution >= 0.6 is 0 Å². The van der Waals surface area contributed by atoms with Crippen molar-refractivity contribution < 1.29 is 61.6 Å². The fourth-order valence-corrected chi connectivity index (χ4v) is 0.655. The molecule has 1 saturated heterocycles. The van der Waals surface area contributed by atoms with Crippen molar-refractivity contribution in [3.05, 3.63) is 0 Å². The normalized spacial score (nSPS) is 19.7. The summed E-state index contributed by atoms with van der Waals surface area (Å²) in [6.07, 6.45) is 0. The maximum Gasteiger partial charge on any atom is 1.00 e. The number of morpholine rings is 1. The maximum atomic E-state index is 5.10. The summed E-state index contributed by atoms with van der Waals surface area (Å²) < 4.78 is 5.10. The van der Waals surface area contributed by atoms with Gasteiger partial charge in [0.05, 0.1) is 13.2 Å². The smallest absolute Gasteiger partial charge is 0.870 e. The maximum absolute atomic E-state index is 5.10. The summed E-state index contributed by atoms with van der Waals surface area (Å²) in [4.78, 5) is 2.27. The molecule has 1 heterocycles. The van der Waals surface area contributed by atoms with Crippen LogP contribution in [0, 0.1) is 0 Å². The van der Waals surface area contributed by atoms with Gasteiger partial charge in [-0.15, -0.1) is 0 Å². The summed E-state index contributed by atoms with van der Waals surface area (Å²) in [6.45, 7) is 4.02. The van der Waals surface area contributed by atoms with E-state index < -0.39 is 0 Å². The summed E-state index contributed by atoms with van der Waals surface area (Å²) in [6, 6.07) is 0. The van der Waals surface area contributed by atoms with E-state index in [2.05, 4.69) is 11.9 Å². The number of hydrogen-bond donors (Lipinski definition) is 0. The molecule has 0 aromatic rings. The molecule has 50 valence electrons. The van der Waals surface area contributed by atoms with E-state index >= 15 is 0 Å². The van der Waals surface area contributed by atoms with E-state index in [1.807, 2.05) is 0 Å². The molecular formula is C5H12KNO2. The van der Waals surface area contributed by atoms with E-state index in [0.29, 0.717) is 0 Å². The Hall–Kier alpha value is 1.52. The molecular weight excluding hydrogens is 145 g/mol. The Bertz CT molecular complexity index is 56.9. The van der Waals surface area contributed by atoms with Gasteiger partial charge in [0.15, 0.2) is 0 Å². The van der Waals surface area contributed by atoms with Crippen LogP contribution in [0.25, 0.3) is 0 Å². The van der Waals surface area contributed by atoms with Crippen LogP contribution in [0.4, 0.5) is 0 Å². The Morgan fingerprint density at radius 2 is 1.67 bits per heavy atom. The van der Waals surface area contributed by atoms with Crippen LogP contribution in [0.1, 0.15) is 0 Å². The average molecular weight is 157 g/mol. The van der Waals surface area contributed by atoms with Gasteiger partial charge >= 0.3 is 51.4 Å². The third-order valence-electron chi connectivity index (χ3n) is 1.23. The first-order chi connectivity index (χ1) is 3.39. The molecule has 1 fully saturated rings. The second kappa shape index (κ2) is 7.62. The first kappa shape index (κ1) is 13.1. The van der Waals surface area contributed by atoms with E-state index in [4.69, 9.17) is 4.74 Å². The molecule has 0 spiro atoms. The molecule has 1 rings (SSSR count). The Labute approximate surface area is 98.5 Å². The zero-order valence-electron chi connectivity index (χ0n) is 6.13. The average Bonchev–Trinajstić information content (AvgIpc) is 1.69. The van der Waals surface area contributed by atoms with Gasteiger partial charge in [-0.2, -0.15) is 0 Å². The van der Waals surface area contributed by atoms with Crippen molar-refractivity contribution in [3.63, 3.8) is 0 Å². The van der Waals surface area contributed by atoms with Gasteiger partial charge in [-0.05, 0) is 7.05 Å². The van der Waals surface area contributed by atoms with Gasteiger partial charge in [-0.25, -0.2) is 0 Å². The van der Waals surface area contributed by atoms with Gasteiger partial charge in [0.2, 0.25) is 0 Å². The predicted octanol–water partition coefficient (Wildman–Crippen LogP) is -3.22. The molecule has 1 aliphatic heterocycles. The van der Waals surface area contributed by atoms with E-state index in [0.717, 1.165) is 26.3 Å². The standard InChI is InChI=1S/C5H11NO.K.H2O/c1-6-2-4-7-5-3-6;;/h2-5H2,1H3;;1H2/q;+1;/p-1. The van der Waals surface area contributed by atoms with E-state index in [1.165, 1.54) is 0 Å². The number of ether oxygens (including phenoxy) is 1. The Balaban J connectivity index is 0. The number of likely N-dealkylation sites (N-methyl/N-ethyl adjacent to an activating group) is 1. The quantitative estimate of drug-likeness (QED) is 0.347. The molecule has 4 heteroatoms. The zero-order valence-corrected chi connectivity index (χ0v) is 9.25. The Morgan fingerprint density at radius 1 is 1.22 bits per heavy atom. The van der Waals surface area contributed by atoms with Crippen LogP contribution < -0.4 is 51.4 Å². The van der Waals surface area contributed by atoms with Gasteiger partial charge in [-0.1, -0.05) is 0 Å². The van der Waals surface area contributed by atoms with Crippen LogP contribution in [0.5, 0.6) is 0 Å². The molecule has 0 unspecified atom stereocenters. The fraction of sp³-hybridized carbons (Fsp3) is 1.00. The molecule has 0 aromatic heterocycles. The Morgan fingerprint density at radius 3 is 1.89 bits per heavy atom.